The first-order valence-electron chi connectivity index (χ1n) is 6.39. The zero-order valence-electron chi connectivity index (χ0n) is 12.4. The van der Waals surface area contributed by atoms with Crippen molar-refractivity contribution in [1.82, 2.24) is 18.3 Å². The fourth-order valence-electron chi connectivity index (χ4n) is 2.44. The highest BCUT2D eigenvalue weighted by Gasteiger charge is 2.27. The van der Waals surface area contributed by atoms with E-state index in [1.54, 1.807) is 0 Å². The van der Waals surface area contributed by atoms with Crippen molar-refractivity contribution in [3.05, 3.63) is 41.7 Å². The highest BCUT2D eigenvalue weighted by Crippen LogP contribution is 2.31. The van der Waals surface area contributed by atoms with Crippen molar-refractivity contribution in [2.45, 2.75) is 0 Å². The lowest BCUT2D eigenvalue weighted by Crippen LogP contribution is -2.44. The second-order valence-electron chi connectivity index (χ2n) is 5.11. The summed E-state index contributed by atoms with van der Waals surface area (Å²) in [6.45, 7) is 0. The third-order valence-electron chi connectivity index (χ3n) is 3.82. The topological polar surface area (TPSA) is 112 Å². The van der Waals surface area contributed by atoms with E-state index in [0.29, 0.717) is 0 Å². The first-order valence-corrected chi connectivity index (χ1v) is 6.39. The summed E-state index contributed by atoms with van der Waals surface area (Å²) in [6, 6.07) is 0. The molecule has 2 aromatic rings. The largest absolute Gasteiger partial charge is 0.332 e. The molecule has 0 saturated heterocycles. The van der Waals surface area contributed by atoms with Crippen LogP contribution in [-0.2, 0) is 28.2 Å². The molecule has 0 atom stereocenters. The Morgan fingerprint density at radius 3 is 1.23 bits per heavy atom. The van der Waals surface area contributed by atoms with Crippen molar-refractivity contribution in [2.24, 2.45) is 28.2 Å². The van der Waals surface area contributed by atoms with Gasteiger partial charge in [-0.1, -0.05) is 0 Å². The molecular weight excluding hydrogens is 292 g/mol. The van der Waals surface area contributed by atoms with E-state index in [1.165, 1.54) is 37.3 Å². The summed E-state index contributed by atoms with van der Waals surface area (Å²) in [4.78, 5) is 48.4. The average molecular weight is 306 g/mol. The third kappa shape index (κ3) is 1.54. The summed E-state index contributed by atoms with van der Waals surface area (Å²) in [5.74, 6) is 0.354. The van der Waals surface area contributed by atoms with Crippen molar-refractivity contribution in [3.63, 3.8) is 0 Å². The third-order valence-corrected chi connectivity index (χ3v) is 3.82. The van der Waals surface area contributed by atoms with Gasteiger partial charge in [0.1, 0.15) is 23.0 Å². The van der Waals surface area contributed by atoms with Gasteiger partial charge in [-0.2, -0.15) is 0 Å². The van der Waals surface area contributed by atoms with Crippen LogP contribution in [0.25, 0.3) is 0 Å². The summed E-state index contributed by atoms with van der Waals surface area (Å²) < 4.78 is 4.32. The Bertz CT molecular complexity index is 966. The molecule has 0 fully saturated rings. The van der Waals surface area contributed by atoms with Crippen LogP contribution in [0.1, 0.15) is 0 Å². The molecule has 10 nitrogen and oxygen atoms in total. The molecule has 0 radical (unpaired) electrons. The van der Waals surface area contributed by atoms with Crippen LogP contribution in [-0.4, -0.2) is 18.3 Å². The molecule has 0 aliphatic carbocycles. The molecule has 3 heterocycles. The lowest BCUT2D eigenvalue weighted by Gasteiger charge is -2.25. The highest BCUT2D eigenvalue weighted by atomic mass is 16.2. The van der Waals surface area contributed by atoms with Gasteiger partial charge in [0.05, 0.1) is 0 Å². The maximum Gasteiger partial charge on any atom is 0.332 e. The Kier molecular flexibility index (Phi) is 2.67. The number of hydrogen-bond acceptors (Lipinski definition) is 6. The van der Waals surface area contributed by atoms with Crippen LogP contribution in [0.5, 0.6) is 0 Å². The number of aromatic nitrogens is 4. The second-order valence-corrected chi connectivity index (χ2v) is 5.11. The van der Waals surface area contributed by atoms with Gasteiger partial charge in [-0.25, -0.2) is 9.59 Å². The van der Waals surface area contributed by atoms with Crippen LogP contribution in [0.15, 0.2) is 19.2 Å². The summed E-state index contributed by atoms with van der Waals surface area (Å²) in [6.07, 6.45) is 0. The van der Waals surface area contributed by atoms with E-state index < -0.39 is 22.5 Å². The van der Waals surface area contributed by atoms with E-state index in [9.17, 15) is 19.2 Å². The first-order chi connectivity index (χ1) is 10.3. The lowest BCUT2D eigenvalue weighted by molar-refractivity contribution is 0.678. The molecule has 0 unspecified atom stereocenters. The van der Waals surface area contributed by atoms with Gasteiger partial charge >= 0.3 is 11.4 Å². The Morgan fingerprint density at radius 1 is 0.591 bits per heavy atom. The smallest absolute Gasteiger partial charge is 0.332 e. The molecule has 0 saturated carbocycles. The monoisotopic (exact) mass is 306 g/mol. The van der Waals surface area contributed by atoms with Gasteiger partial charge in [-0.3, -0.25) is 27.9 Å². The zero-order chi connectivity index (χ0) is 16.3. The Labute approximate surface area is 122 Å². The first kappa shape index (κ1) is 13.9. The molecule has 1 aliphatic rings. The van der Waals surface area contributed by atoms with E-state index in [4.69, 9.17) is 0 Å². The van der Waals surface area contributed by atoms with Crippen LogP contribution in [0.2, 0.25) is 0 Å². The second kappa shape index (κ2) is 4.23. The molecule has 0 bridgehead atoms. The normalized spacial score (nSPS) is 12.2. The van der Waals surface area contributed by atoms with E-state index in [0.717, 1.165) is 9.13 Å². The van der Waals surface area contributed by atoms with Crippen molar-refractivity contribution in [3.8, 4) is 0 Å². The molecule has 2 aromatic heterocycles. The molecule has 22 heavy (non-hydrogen) atoms. The highest BCUT2D eigenvalue weighted by molar-refractivity contribution is 5.85. The predicted molar refractivity (Wildman–Crippen MR) is 80.4 cm³/mol. The van der Waals surface area contributed by atoms with E-state index in [-0.39, 0.29) is 23.0 Å². The van der Waals surface area contributed by atoms with Crippen molar-refractivity contribution >= 4 is 23.0 Å². The van der Waals surface area contributed by atoms with Crippen LogP contribution in [0.4, 0.5) is 23.0 Å². The Morgan fingerprint density at radius 2 is 0.909 bits per heavy atom. The van der Waals surface area contributed by atoms with Gasteiger partial charge < -0.3 is 10.6 Å². The molecule has 2 N–H and O–H groups in total. The van der Waals surface area contributed by atoms with E-state index >= 15 is 0 Å². The number of nitrogens with one attached hydrogen (secondary N) is 2. The number of nitrogens with zero attached hydrogens (tertiary/aromatic N) is 4. The maximum atomic E-state index is 12.2. The van der Waals surface area contributed by atoms with Crippen LogP contribution >= 0.6 is 0 Å². The number of anilines is 4. The Balaban J connectivity index is 2.42. The summed E-state index contributed by atoms with van der Waals surface area (Å²) in [5.41, 5.74) is -1.96. The molecule has 116 valence electrons. The standard InChI is InChI=1S/C12H14N6O4/c1-15-7-5(9(19)17(3)11(15)21)14-8-6(13-7)10(20)18(4)12(22)16(8)2/h13-14H,1-4H3. The molecule has 0 spiro atoms. The van der Waals surface area contributed by atoms with E-state index in [1.807, 2.05) is 0 Å². The molecule has 10 heteroatoms. The van der Waals surface area contributed by atoms with E-state index in [2.05, 4.69) is 10.6 Å². The summed E-state index contributed by atoms with van der Waals surface area (Å²) in [7, 11) is 5.66. The van der Waals surface area contributed by atoms with Crippen molar-refractivity contribution < 1.29 is 0 Å². The van der Waals surface area contributed by atoms with Gasteiger partial charge in [0.15, 0.2) is 0 Å². The van der Waals surface area contributed by atoms with Crippen molar-refractivity contribution in [1.29, 1.82) is 0 Å². The summed E-state index contributed by atoms with van der Waals surface area (Å²) >= 11 is 0. The van der Waals surface area contributed by atoms with Crippen LogP contribution < -0.4 is 33.1 Å². The van der Waals surface area contributed by atoms with Gasteiger partial charge in [0, 0.05) is 28.2 Å². The SMILES string of the molecule is Cn1c2c(c(=O)n(C)c1=O)Nc1c(c(=O)n(C)c(=O)n1C)N2. The number of fused-ring (bicyclic) bond motifs is 2. The van der Waals surface area contributed by atoms with Crippen LogP contribution in [0.3, 0.4) is 0 Å². The maximum absolute atomic E-state index is 12.2. The van der Waals surface area contributed by atoms with Gasteiger partial charge in [-0.15, -0.1) is 0 Å². The van der Waals surface area contributed by atoms with Gasteiger partial charge in [0.2, 0.25) is 0 Å². The Hall–Kier alpha value is -3.04. The lowest BCUT2D eigenvalue weighted by atomic mass is 10.3. The molecule has 0 aromatic carbocycles. The molecule has 0 amide bonds. The number of rotatable bonds is 0. The fraction of sp³-hybridized carbons (Fsp3) is 0.333. The minimum Gasteiger partial charge on any atom is -0.332 e. The molecular formula is C12H14N6O4. The zero-order valence-corrected chi connectivity index (χ0v) is 12.4. The van der Waals surface area contributed by atoms with Gasteiger partial charge in [0.25, 0.3) is 11.1 Å². The minimum absolute atomic E-state index is 0.0975. The summed E-state index contributed by atoms with van der Waals surface area (Å²) in [5, 5.41) is 5.58. The predicted octanol–water partition coefficient (Wildman–Crippen LogP) is -1.72. The number of hydrogen-bond donors (Lipinski definition) is 2. The minimum atomic E-state index is -0.552. The molecule has 3 rings (SSSR count). The van der Waals surface area contributed by atoms with Crippen molar-refractivity contribution in [2.75, 3.05) is 10.6 Å². The fourth-order valence-corrected chi connectivity index (χ4v) is 2.44. The quantitative estimate of drug-likeness (QED) is 0.511. The van der Waals surface area contributed by atoms with Crippen LogP contribution in [0, 0.1) is 0 Å². The molecule has 1 aliphatic heterocycles. The average Bonchev–Trinajstić information content (AvgIpc) is 2.52. The van der Waals surface area contributed by atoms with Gasteiger partial charge in [-0.05, 0) is 0 Å².